The fraction of sp³-hybridized carbons (Fsp3) is 0.400. The molecule has 0 N–H and O–H groups in total. The van der Waals surface area contributed by atoms with Gasteiger partial charge in [0.15, 0.2) is 0 Å². The number of hydrogen-bond acceptors (Lipinski definition) is 4. The summed E-state index contributed by atoms with van der Waals surface area (Å²) in [7, 11) is 1.82. The Morgan fingerprint density at radius 3 is 2.68 bits per heavy atom. The summed E-state index contributed by atoms with van der Waals surface area (Å²) in [5.74, 6) is 0.776. The molecule has 6 nitrogen and oxygen atoms in total. The smallest absolute Gasteiger partial charge is 0.261 e. The van der Waals surface area contributed by atoms with Crippen LogP contribution in [0.3, 0.4) is 0 Å². The maximum absolute atomic E-state index is 13.2. The van der Waals surface area contributed by atoms with Crippen LogP contribution < -0.4 is 5.56 Å². The molecule has 6 heteroatoms. The van der Waals surface area contributed by atoms with E-state index in [1.54, 1.807) is 23.1 Å². The number of benzene rings is 2. The number of unbranched alkanes of at least 4 members (excludes halogenated alkanes) is 1. The van der Waals surface area contributed by atoms with Gasteiger partial charge in [0, 0.05) is 51.8 Å². The highest BCUT2D eigenvalue weighted by Gasteiger charge is 2.19. The van der Waals surface area contributed by atoms with Crippen LogP contribution in [-0.2, 0) is 19.5 Å². The van der Waals surface area contributed by atoms with E-state index in [-0.39, 0.29) is 11.5 Å². The summed E-state index contributed by atoms with van der Waals surface area (Å²) in [6.07, 6.45) is 2.73. The zero-order valence-corrected chi connectivity index (χ0v) is 18.4. The van der Waals surface area contributed by atoms with Gasteiger partial charge < -0.3 is 4.90 Å². The van der Waals surface area contributed by atoms with Crippen LogP contribution in [0.25, 0.3) is 10.9 Å². The number of aromatic nitrogens is 2. The standard InChI is InChI=1S/C25H30N4O2/c1-3-4-13-27(2)24(30)20-10-11-21-22(17-20)26-23-12-14-28(15-16-29(23)25(21)31)18-19-8-6-5-7-9-19/h5-11,17H,3-4,12-16,18H2,1-2H3. The maximum Gasteiger partial charge on any atom is 0.261 e. The van der Waals surface area contributed by atoms with Crippen LogP contribution >= 0.6 is 0 Å². The first-order valence-electron chi connectivity index (χ1n) is 11.1. The molecule has 0 bridgehead atoms. The van der Waals surface area contributed by atoms with Crippen molar-refractivity contribution in [2.75, 3.05) is 26.7 Å². The van der Waals surface area contributed by atoms with E-state index in [1.807, 2.05) is 17.7 Å². The summed E-state index contributed by atoms with van der Waals surface area (Å²) in [6, 6.07) is 15.7. The van der Waals surface area contributed by atoms with E-state index in [0.29, 0.717) is 29.4 Å². The molecule has 2 aromatic carbocycles. The summed E-state index contributed by atoms with van der Waals surface area (Å²) >= 11 is 0. The monoisotopic (exact) mass is 418 g/mol. The summed E-state index contributed by atoms with van der Waals surface area (Å²) in [6.45, 7) is 6.00. The first-order chi connectivity index (χ1) is 15.1. The first kappa shape index (κ1) is 21.2. The van der Waals surface area contributed by atoms with E-state index in [2.05, 4.69) is 36.1 Å². The van der Waals surface area contributed by atoms with Gasteiger partial charge >= 0.3 is 0 Å². The number of carbonyl (C=O) groups is 1. The number of amides is 1. The summed E-state index contributed by atoms with van der Waals surface area (Å²) in [5.41, 5.74) is 2.46. The van der Waals surface area contributed by atoms with Gasteiger partial charge in [0.25, 0.3) is 11.5 Å². The van der Waals surface area contributed by atoms with Crippen molar-refractivity contribution in [2.24, 2.45) is 0 Å². The zero-order chi connectivity index (χ0) is 21.8. The lowest BCUT2D eigenvalue weighted by Gasteiger charge is -2.19. The van der Waals surface area contributed by atoms with Crippen molar-refractivity contribution in [1.29, 1.82) is 0 Å². The lowest BCUT2D eigenvalue weighted by Crippen LogP contribution is -2.29. The van der Waals surface area contributed by atoms with E-state index in [9.17, 15) is 9.59 Å². The van der Waals surface area contributed by atoms with Crippen molar-refractivity contribution >= 4 is 16.8 Å². The molecule has 162 valence electrons. The highest BCUT2D eigenvalue weighted by atomic mass is 16.2. The van der Waals surface area contributed by atoms with Gasteiger partial charge in [0.1, 0.15) is 5.82 Å². The molecule has 0 unspecified atom stereocenters. The zero-order valence-electron chi connectivity index (χ0n) is 18.4. The molecule has 0 saturated heterocycles. The van der Waals surface area contributed by atoms with Crippen LogP contribution in [0.4, 0.5) is 0 Å². The van der Waals surface area contributed by atoms with Crippen LogP contribution in [0.1, 0.15) is 41.5 Å². The summed E-state index contributed by atoms with van der Waals surface area (Å²) in [5, 5.41) is 0.577. The van der Waals surface area contributed by atoms with Crippen LogP contribution in [0.2, 0.25) is 0 Å². The molecule has 1 aliphatic rings. The highest BCUT2D eigenvalue weighted by Crippen LogP contribution is 2.16. The molecule has 1 aromatic heterocycles. The molecule has 3 aromatic rings. The van der Waals surface area contributed by atoms with Gasteiger partial charge in [-0.25, -0.2) is 4.98 Å². The predicted octanol–water partition coefficient (Wildman–Crippen LogP) is 3.33. The summed E-state index contributed by atoms with van der Waals surface area (Å²) < 4.78 is 1.81. The number of nitrogens with zero attached hydrogens (tertiary/aromatic N) is 4. The topological polar surface area (TPSA) is 58.4 Å². The van der Waals surface area contributed by atoms with E-state index in [0.717, 1.165) is 44.8 Å². The van der Waals surface area contributed by atoms with Crippen LogP contribution in [0.15, 0.2) is 53.3 Å². The average molecular weight is 419 g/mol. The second kappa shape index (κ2) is 9.43. The Morgan fingerprint density at radius 2 is 1.90 bits per heavy atom. The highest BCUT2D eigenvalue weighted by molar-refractivity contribution is 5.97. The second-order valence-electron chi connectivity index (χ2n) is 8.31. The van der Waals surface area contributed by atoms with Crippen LogP contribution in [0, 0.1) is 0 Å². The van der Waals surface area contributed by atoms with Crippen LogP contribution in [0.5, 0.6) is 0 Å². The molecule has 0 fully saturated rings. The molecular formula is C25H30N4O2. The summed E-state index contributed by atoms with van der Waals surface area (Å²) in [4.78, 5) is 34.8. The molecule has 31 heavy (non-hydrogen) atoms. The Morgan fingerprint density at radius 1 is 1.10 bits per heavy atom. The number of carbonyl (C=O) groups excluding carboxylic acids is 1. The minimum absolute atomic E-state index is 0.0140. The van der Waals surface area contributed by atoms with Crippen molar-refractivity contribution < 1.29 is 4.79 Å². The van der Waals surface area contributed by atoms with Gasteiger partial charge in [0.2, 0.25) is 0 Å². The van der Waals surface area contributed by atoms with E-state index in [4.69, 9.17) is 4.98 Å². The lowest BCUT2D eigenvalue weighted by atomic mass is 10.1. The third kappa shape index (κ3) is 4.69. The first-order valence-corrected chi connectivity index (χ1v) is 11.1. The van der Waals surface area contributed by atoms with Crippen molar-refractivity contribution in [2.45, 2.75) is 39.3 Å². The molecule has 0 saturated carbocycles. The van der Waals surface area contributed by atoms with Gasteiger partial charge in [-0.2, -0.15) is 0 Å². The van der Waals surface area contributed by atoms with Crippen LogP contribution in [-0.4, -0.2) is 51.9 Å². The third-order valence-electron chi connectivity index (χ3n) is 6.02. The molecule has 0 spiro atoms. The SMILES string of the molecule is CCCCN(C)C(=O)c1ccc2c(=O)n3c(nc2c1)CCN(Cc1ccccc1)CC3. The molecule has 0 atom stereocenters. The van der Waals surface area contributed by atoms with Crippen molar-refractivity contribution in [3.63, 3.8) is 0 Å². The number of rotatable bonds is 6. The van der Waals surface area contributed by atoms with Crippen molar-refractivity contribution in [3.8, 4) is 0 Å². The van der Waals surface area contributed by atoms with E-state index < -0.39 is 0 Å². The lowest BCUT2D eigenvalue weighted by molar-refractivity contribution is 0.0793. The third-order valence-corrected chi connectivity index (χ3v) is 6.02. The number of fused-ring (bicyclic) bond motifs is 2. The fourth-order valence-electron chi connectivity index (χ4n) is 4.15. The predicted molar refractivity (Wildman–Crippen MR) is 123 cm³/mol. The molecule has 1 amide bonds. The molecular weight excluding hydrogens is 388 g/mol. The minimum Gasteiger partial charge on any atom is -0.342 e. The Balaban J connectivity index is 1.58. The normalized spacial score (nSPS) is 14.3. The van der Waals surface area contributed by atoms with Crippen molar-refractivity contribution in [1.82, 2.24) is 19.4 Å². The van der Waals surface area contributed by atoms with Gasteiger partial charge in [-0.15, -0.1) is 0 Å². The van der Waals surface area contributed by atoms with Gasteiger partial charge in [-0.3, -0.25) is 19.1 Å². The van der Waals surface area contributed by atoms with E-state index >= 15 is 0 Å². The largest absolute Gasteiger partial charge is 0.342 e. The molecule has 1 aliphatic heterocycles. The molecule has 0 radical (unpaired) electrons. The number of hydrogen-bond donors (Lipinski definition) is 0. The quantitative estimate of drug-likeness (QED) is 0.616. The molecule has 2 heterocycles. The Labute approximate surface area is 183 Å². The second-order valence-corrected chi connectivity index (χ2v) is 8.31. The Hall–Kier alpha value is -2.99. The van der Waals surface area contributed by atoms with Gasteiger partial charge in [-0.1, -0.05) is 43.7 Å². The molecule has 4 rings (SSSR count). The maximum atomic E-state index is 13.2. The molecule has 0 aliphatic carbocycles. The average Bonchev–Trinajstić information content (AvgIpc) is 3.00. The van der Waals surface area contributed by atoms with Gasteiger partial charge in [0.05, 0.1) is 10.9 Å². The Bertz CT molecular complexity index is 1120. The fourth-order valence-corrected chi connectivity index (χ4v) is 4.15. The van der Waals surface area contributed by atoms with Crippen molar-refractivity contribution in [3.05, 3.63) is 75.8 Å². The Kier molecular flexibility index (Phi) is 6.47. The van der Waals surface area contributed by atoms with Gasteiger partial charge in [-0.05, 0) is 30.2 Å². The minimum atomic E-state index is -0.0266. The van der Waals surface area contributed by atoms with E-state index in [1.165, 1.54) is 5.56 Å².